The summed E-state index contributed by atoms with van der Waals surface area (Å²) in [6.45, 7) is 3.58. The average molecular weight is 797 g/mol. The van der Waals surface area contributed by atoms with E-state index >= 15 is 0 Å². The summed E-state index contributed by atoms with van der Waals surface area (Å²) >= 11 is 0. The van der Waals surface area contributed by atoms with Crippen molar-refractivity contribution < 1.29 is 39.0 Å². The predicted molar refractivity (Wildman–Crippen MR) is 222 cm³/mol. The summed E-state index contributed by atoms with van der Waals surface area (Å²) in [6.07, 6.45) is 25.3. The molecule has 0 radical (unpaired) electrons. The van der Waals surface area contributed by atoms with Crippen LogP contribution >= 0.6 is 0 Å². The molecule has 10 N–H and O–H groups in total. The van der Waals surface area contributed by atoms with E-state index in [-0.39, 0.29) is 49.3 Å². The molecule has 0 bridgehead atoms. The largest absolute Gasteiger partial charge is 0.481 e. The van der Waals surface area contributed by atoms with E-state index in [1.54, 1.807) is 0 Å². The first kappa shape index (κ1) is 52.7. The van der Waals surface area contributed by atoms with Gasteiger partial charge in [-0.15, -0.1) is 0 Å². The number of rotatable bonds is 40. The smallest absolute Gasteiger partial charge is 0.326 e. The van der Waals surface area contributed by atoms with Gasteiger partial charge >= 0.3 is 11.9 Å². The minimum absolute atomic E-state index is 0.00626. The lowest BCUT2D eigenvalue weighted by Crippen LogP contribution is -2.42. The second-order valence-electron chi connectivity index (χ2n) is 15.4. The van der Waals surface area contributed by atoms with Crippen molar-refractivity contribution in [3.8, 4) is 0 Å². The molecule has 14 heteroatoms. The summed E-state index contributed by atoms with van der Waals surface area (Å²) in [7, 11) is 0. The minimum atomic E-state index is -1.16. The number of nitrogens with one attached hydrogen (secondary N) is 4. The third-order valence-corrected chi connectivity index (χ3v) is 10.1. The number of hydrogen-bond acceptors (Lipinski definition) is 8. The van der Waals surface area contributed by atoms with Gasteiger partial charge in [-0.3, -0.25) is 24.0 Å². The van der Waals surface area contributed by atoms with E-state index in [1.165, 1.54) is 57.8 Å². The number of carboxylic acid groups (broad SMARTS) is 2. The molecule has 0 saturated carbocycles. The van der Waals surface area contributed by atoms with Gasteiger partial charge in [0.05, 0.1) is 12.1 Å². The molecule has 326 valence electrons. The summed E-state index contributed by atoms with van der Waals surface area (Å²) in [6, 6.07) is -2.33. The molecule has 14 nitrogen and oxygen atoms in total. The highest BCUT2D eigenvalue weighted by Crippen LogP contribution is 2.14. The van der Waals surface area contributed by atoms with Gasteiger partial charge in [-0.1, -0.05) is 110 Å². The molecule has 0 saturated heterocycles. The fourth-order valence-electron chi connectivity index (χ4n) is 6.45. The molecule has 3 atom stereocenters. The lowest BCUT2D eigenvalue weighted by molar-refractivity contribution is -0.142. The van der Waals surface area contributed by atoms with Crippen LogP contribution in [0.3, 0.4) is 0 Å². The van der Waals surface area contributed by atoms with Crippen LogP contribution < -0.4 is 32.7 Å². The summed E-state index contributed by atoms with van der Waals surface area (Å²) in [5.74, 6) is -2.84. The van der Waals surface area contributed by atoms with Gasteiger partial charge in [0.2, 0.25) is 23.6 Å². The Morgan fingerprint density at radius 3 is 1.25 bits per heavy atom. The van der Waals surface area contributed by atoms with Gasteiger partial charge in [-0.2, -0.15) is 0 Å². The Labute approximate surface area is 337 Å². The number of amides is 4. The van der Waals surface area contributed by atoms with Gasteiger partial charge in [0.25, 0.3) is 0 Å². The molecule has 0 aromatic carbocycles. The Kier molecular flexibility index (Phi) is 35.2. The fourth-order valence-corrected chi connectivity index (χ4v) is 6.45. The molecule has 4 amide bonds. The lowest BCUT2D eigenvalue weighted by Gasteiger charge is -2.15. The monoisotopic (exact) mass is 797 g/mol. The van der Waals surface area contributed by atoms with E-state index in [2.05, 4.69) is 28.2 Å². The Hall–Kier alpha value is -3.26. The molecule has 0 spiro atoms. The molecule has 0 aromatic heterocycles. The fraction of sp³-hybridized carbons (Fsp3) is 0.857. The van der Waals surface area contributed by atoms with E-state index in [9.17, 15) is 33.9 Å². The number of carboxylic acids is 2. The van der Waals surface area contributed by atoms with Gasteiger partial charge in [0.1, 0.15) is 6.04 Å². The van der Waals surface area contributed by atoms with Crippen LogP contribution in [0, 0.1) is 0 Å². The maximum absolute atomic E-state index is 12.4. The quantitative estimate of drug-likeness (QED) is 0.0338. The maximum atomic E-state index is 12.4. The Bertz CT molecular complexity index is 1060. The average Bonchev–Trinajstić information content (AvgIpc) is 3.16. The number of nitrogens with two attached hydrogens (primary N) is 2. The third kappa shape index (κ3) is 34.0. The molecule has 0 aliphatic rings. The number of unbranched alkanes of at least 4 members (excludes halogenated alkanes) is 19. The van der Waals surface area contributed by atoms with Crippen LogP contribution in [0.25, 0.3) is 0 Å². The zero-order chi connectivity index (χ0) is 41.7. The highest BCUT2D eigenvalue weighted by Gasteiger charge is 2.21. The molecule has 0 heterocycles. The Balaban J connectivity index is 3.81. The van der Waals surface area contributed by atoms with Crippen molar-refractivity contribution in [2.24, 2.45) is 11.5 Å². The van der Waals surface area contributed by atoms with Gasteiger partial charge in [0.15, 0.2) is 0 Å². The van der Waals surface area contributed by atoms with E-state index in [0.29, 0.717) is 64.6 Å². The third-order valence-electron chi connectivity index (χ3n) is 10.1. The van der Waals surface area contributed by atoms with Crippen LogP contribution in [0.15, 0.2) is 0 Å². The van der Waals surface area contributed by atoms with Crippen LogP contribution in [-0.4, -0.2) is 83.5 Å². The van der Waals surface area contributed by atoms with Crippen molar-refractivity contribution in [1.29, 1.82) is 0 Å². The Morgan fingerprint density at radius 1 is 0.446 bits per heavy atom. The molecule has 0 aliphatic carbocycles. The van der Waals surface area contributed by atoms with Gasteiger partial charge in [0, 0.05) is 38.9 Å². The second kappa shape index (κ2) is 37.3. The lowest BCUT2D eigenvalue weighted by atomic mass is 10.0. The molecule has 0 rings (SSSR count). The number of carbonyl (C=O) groups is 6. The predicted octanol–water partition coefficient (Wildman–Crippen LogP) is 5.98. The second-order valence-corrected chi connectivity index (χ2v) is 15.4. The number of aliphatic carboxylic acids is 2. The first-order valence-electron chi connectivity index (χ1n) is 22.0. The first-order valence-corrected chi connectivity index (χ1v) is 22.0. The van der Waals surface area contributed by atoms with Crippen LogP contribution in [0.1, 0.15) is 193 Å². The summed E-state index contributed by atoms with van der Waals surface area (Å²) in [4.78, 5) is 71.1. The number of carbonyl (C=O) groups excluding carboxylic acids is 4. The SMILES string of the molecule is CCCCCNC(=O)[C@@H](N)CCCCNC(=O)[C@@H](N)CCCCNC(=O)CC[C@H](NC(=O)CCCCCCCCCCCCCCCCCCC(=O)O)C(=O)O. The van der Waals surface area contributed by atoms with Crippen LogP contribution in [0.2, 0.25) is 0 Å². The molecule has 0 aliphatic heterocycles. The summed E-state index contributed by atoms with van der Waals surface area (Å²) < 4.78 is 0. The summed E-state index contributed by atoms with van der Waals surface area (Å²) in [5, 5.41) is 29.2. The molecular weight excluding hydrogens is 716 g/mol. The van der Waals surface area contributed by atoms with Crippen molar-refractivity contribution in [1.82, 2.24) is 21.3 Å². The van der Waals surface area contributed by atoms with E-state index < -0.39 is 30.1 Å². The highest BCUT2D eigenvalue weighted by molar-refractivity contribution is 5.84. The van der Waals surface area contributed by atoms with E-state index in [4.69, 9.17) is 16.6 Å². The number of hydrogen-bond donors (Lipinski definition) is 8. The maximum Gasteiger partial charge on any atom is 0.326 e. The normalized spacial score (nSPS) is 12.7. The van der Waals surface area contributed by atoms with Crippen molar-refractivity contribution in [3.63, 3.8) is 0 Å². The molecule has 0 unspecified atom stereocenters. The van der Waals surface area contributed by atoms with Gasteiger partial charge in [-0.05, 0) is 64.2 Å². The highest BCUT2D eigenvalue weighted by atomic mass is 16.4. The van der Waals surface area contributed by atoms with E-state index in [0.717, 1.165) is 57.8 Å². The molecular formula is C42H80N6O8. The zero-order valence-electron chi connectivity index (χ0n) is 34.9. The Morgan fingerprint density at radius 2 is 0.839 bits per heavy atom. The molecule has 56 heavy (non-hydrogen) atoms. The van der Waals surface area contributed by atoms with Crippen molar-refractivity contribution in [2.45, 2.75) is 211 Å². The van der Waals surface area contributed by atoms with Crippen LogP contribution in [0.5, 0.6) is 0 Å². The minimum Gasteiger partial charge on any atom is -0.481 e. The molecule has 0 fully saturated rings. The van der Waals surface area contributed by atoms with Crippen molar-refractivity contribution in [3.05, 3.63) is 0 Å². The molecule has 0 aromatic rings. The first-order chi connectivity index (χ1) is 27.0. The van der Waals surface area contributed by atoms with Crippen LogP contribution in [-0.2, 0) is 28.8 Å². The summed E-state index contributed by atoms with van der Waals surface area (Å²) in [5.41, 5.74) is 12.0. The van der Waals surface area contributed by atoms with E-state index in [1.807, 2.05) is 0 Å². The topological polar surface area (TPSA) is 243 Å². The van der Waals surface area contributed by atoms with Crippen molar-refractivity contribution >= 4 is 35.6 Å². The van der Waals surface area contributed by atoms with Crippen molar-refractivity contribution in [2.75, 3.05) is 19.6 Å². The standard InChI is InChI=1S/C42H80N6O8/c1-2-3-22-32-46-40(53)35(44)26-21-24-33-47-41(54)34(43)25-20-23-31-45-37(49)30-29-36(42(55)56)48-38(50)27-18-16-14-12-10-8-6-4-5-7-9-11-13-15-17-19-28-39(51)52/h34-36H,2-33,43-44H2,1H3,(H,45,49)(H,46,53)(H,47,54)(H,48,50)(H,51,52)(H,55,56)/t34-,35-,36-/m0/s1. The van der Waals surface area contributed by atoms with Gasteiger partial charge in [-0.25, -0.2) is 4.79 Å². The van der Waals surface area contributed by atoms with Crippen LogP contribution in [0.4, 0.5) is 0 Å². The van der Waals surface area contributed by atoms with Gasteiger partial charge < -0.3 is 42.9 Å². The zero-order valence-corrected chi connectivity index (χ0v) is 34.9.